The smallest absolute Gasteiger partial charge is 0.271 e. The minimum atomic E-state index is -0.721. The molecule has 0 spiro atoms. The molecule has 11 heteroatoms. The minimum Gasteiger partial charge on any atom is -0.497 e. The molecule has 0 radical (unpaired) electrons. The third-order valence-electron chi connectivity index (χ3n) is 6.96. The number of non-ortho nitro benzene ring substituents is 1. The first-order chi connectivity index (χ1) is 21.2. The second-order valence-corrected chi connectivity index (χ2v) is 9.96. The quantitative estimate of drug-likeness (QED) is 0.0946. The molecule has 0 aromatic heterocycles. The summed E-state index contributed by atoms with van der Waals surface area (Å²) in [6, 6.07) is 23.0. The van der Waals surface area contributed by atoms with Crippen molar-refractivity contribution in [3.63, 3.8) is 0 Å². The van der Waals surface area contributed by atoms with Gasteiger partial charge in [-0.05, 0) is 79.8 Å². The maximum Gasteiger partial charge on any atom is 0.271 e. The van der Waals surface area contributed by atoms with Gasteiger partial charge in [-0.1, -0.05) is 24.3 Å². The number of nitro benzene ring substituents is 1. The summed E-state index contributed by atoms with van der Waals surface area (Å²) in [6.45, 7) is 2.06. The lowest BCUT2D eigenvalue weighted by Crippen LogP contribution is -2.28. The van der Waals surface area contributed by atoms with Crippen molar-refractivity contribution in [1.82, 2.24) is 0 Å². The molecule has 0 heterocycles. The number of nitrogens with one attached hydrogen (secondary N) is 2. The number of ether oxygens (including phenoxy) is 3. The fourth-order valence-corrected chi connectivity index (χ4v) is 4.53. The first-order valence-corrected chi connectivity index (χ1v) is 13.9. The Labute approximate surface area is 255 Å². The van der Waals surface area contributed by atoms with Gasteiger partial charge in [0.2, 0.25) is 0 Å². The van der Waals surface area contributed by atoms with Crippen molar-refractivity contribution >= 4 is 28.9 Å². The van der Waals surface area contributed by atoms with E-state index in [1.807, 2.05) is 12.1 Å². The van der Waals surface area contributed by atoms with Crippen molar-refractivity contribution in [3.05, 3.63) is 117 Å². The van der Waals surface area contributed by atoms with E-state index < -0.39 is 23.0 Å². The van der Waals surface area contributed by atoms with Crippen LogP contribution in [0.15, 0.2) is 84.9 Å². The van der Waals surface area contributed by atoms with Crippen LogP contribution in [0.3, 0.4) is 0 Å². The molecule has 228 valence electrons. The Morgan fingerprint density at radius 3 is 2.20 bits per heavy atom. The van der Waals surface area contributed by atoms with Crippen molar-refractivity contribution in [2.75, 3.05) is 24.9 Å². The number of nitrogens with two attached hydrogens (primary N) is 1. The fourth-order valence-electron chi connectivity index (χ4n) is 4.53. The summed E-state index contributed by atoms with van der Waals surface area (Å²) in [5.41, 5.74) is 8.96. The van der Waals surface area contributed by atoms with Crippen molar-refractivity contribution in [3.8, 4) is 17.2 Å². The SMILES string of the molecule is COc1ccc(NC(=O)c2ccc([N+](=O)[O-])cc2NC(=O)c2ccc(OC)cc2OC(N)CCCc2ccccc2C)cc1. The fraction of sp³-hybridized carbons (Fsp3) is 0.212. The molecule has 0 aliphatic carbocycles. The van der Waals surface area contributed by atoms with E-state index in [1.165, 1.54) is 43.5 Å². The summed E-state index contributed by atoms with van der Waals surface area (Å²) in [5, 5.41) is 16.9. The van der Waals surface area contributed by atoms with Crippen LogP contribution in [0, 0.1) is 17.0 Å². The Hall–Kier alpha value is -5.42. The average molecular weight is 599 g/mol. The van der Waals surface area contributed by atoms with Crippen LogP contribution in [0.5, 0.6) is 17.2 Å². The van der Waals surface area contributed by atoms with Gasteiger partial charge in [0.1, 0.15) is 23.5 Å². The lowest BCUT2D eigenvalue weighted by Gasteiger charge is -2.19. The largest absolute Gasteiger partial charge is 0.497 e. The lowest BCUT2D eigenvalue weighted by atomic mass is 10.0. The maximum atomic E-state index is 13.5. The van der Waals surface area contributed by atoms with Gasteiger partial charge in [0.15, 0.2) is 0 Å². The number of hydrogen-bond donors (Lipinski definition) is 3. The topological polar surface area (TPSA) is 155 Å². The number of hydrogen-bond acceptors (Lipinski definition) is 8. The van der Waals surface area contributed by atoms with E-state index in [1.54, 1.807) is 36.4 Å². The zero-order valence-electron chi connectivity index (χ0n) is 24.7. The molecule has 4 aromatic rings. The monoisotopic (exact) mass is 598 g/mol. The molecule has 1 unspecified atom stereocenters. The number of methoxy groups -OCH3 is 2. The van der Waals surface area contributed by atoms with Crippen molar-refractivity contribution < 1.29 is 28.7 Å². The van der Waals surface area contributed by atoms with Crippen molar-refractivity contribution in [1.29, 1.82) is 0 Å². The molecule has 4 rings (SSSR count). The standard InChI is InChI=1S/C33H34N4O7/c1-21-7-4-5-8-22(21)9-6-10-31(34)44-30-20-26(43-3)16-18-28(30)33(39)36-29-19-24(37(40)41)13-17-27(29)32(38)35-23-11-14-25(42-2)15-12-23/h4-5,7-8,11-20,31H,6,9-10,34H2,1-3H3,(H,35,38)(H,36,39). The Balaban J connectivity index is 1.54. The molecule has 1 atom stereocenters. The molecule has 0 saturated carbocycles. The summed E-state index contributed by atoms with van der Waals surface area (Å²) in [7, 11) is 3.01. The molecule has 0 bridgehead atoms. The molecule has 0 aliphatic rings. The summed E-state index contributed by atoms with van der Waals surface area (Å²) >= 11 is 0. The molecular formula is C33H34N4O7. The summed E-state index contributed by atoms with van der Waals surface area (Å²) in [5.74, 6) is -0.0238. The van der Waals surface area contributed by atoms with Gasteiger partial charge in [-0.15, -0.1) is 0 Å². The summed E-state index contributed by atoms with van der Waals surface area (Å²) in [4.78, 5) is 37.6. The van der Waals surface area contributed by atoms with Crippen LogP contribution >= 0.6 is 0 Å². The molecule has 44 heavy (non-hydrogen) atoms. The number of carbonyl (C=O) groups is 2. The maximum absolute atomic E-state index is 13.5. The zero-order valence-corrected chi connectivity index (χ0v) is 24.7. The van der Waals surface area contributed by atoms with Gasteiger partial charge in [0.25, 0.3) is 17.5 Å². The van der Waals surface area contributed by atoms with E-state index in [2.05, 4.69) is 29.7 Å². The third-order valence-corrected chi connectivity index (χ3v) is 6.96. The number of aryl methyl sites for hydroxylation is 2. The van der Waals surface area contributed by atoms with Crippen LogP contribution in [0.4, 0.5) is 17.1 Å². The number of benzene rings is 4. The predicted octanol–water partition coefficient (Wildman–Crippen LogP) is 6.11. The van der Waals surface area contributed by atoms with Crippen LogP contribution in [-0.2, 0) is 6.42 Å². The molecular weight excluding hydrogens is 564 g/mol. The number of anilines is 2. The van der Waals surface area contributed by atoms with Gasteiger partial charge in [-0.2, -0.15) is 0 Å². The van der Waals surface area contributed by atoms with E-state index in [0.717, 1.165) is 18.9 Å². The second-order valence-electron chi connectivity index (χ2n) is 9.96. The predicted molar refractivity (Wildman–Crippen MR) is 168 cm³/mol. The van der Waals surface area contributed by atoms with E-state index in [9.17, 15) is 19.7 Å². The Morgan fingerprint density at radius 1 is 0.864 bits per heavy atom. The number of nitrogens with zero attached hydrogens (tertiary/aromatic N) is 1. The third kappa shape index (κ3) is 8.11. The van der Waals surface area contributed by atoms with E-state index in [4.69, 9.17) is 19.9 Å². The van der Waals surface area contributed by atoms with Crippen molar-refractivity contribution in [2.24, 2.45) is 5.73 Å². The highest BCUT2D eigenvalue weighted by molar-refractivity contribution is 6.13. The Kier molecular flexibility index (Phi) is 10.5. The molecule has 4 N–H and O–H groups in total. The van der Waals surface area contributed by atoms with E-state index in [-0.39, 0.29) is 28.3 Å². The highest BCUT2D eigenvalue weighted by Crippen LogP contribution is 2.29. The number of amides is 2. The van der Waals surface area contributed by atoms with Gasteiger partial charge < -0.3 is 24.8 Å². The first kappa shape index (κ1) is 31.5. The molecule has 0 fully saturated rings. The number of nitro groups is 1. The summed E-state index contributed by atoms with van der Waals surface area (Å²) in [6.07, 6.45) is 1.38. The molecule has 2 amide bonds. The van der Waals surface area contributed by atoms with Crippen LogP contribution < -0.4 is 30.6 Å². The highest BCUT2D eigenvalue weighted by Gasteiger charge is 2.22. The highest BCUT2D eigenvalue weighted by atomic mass is 16.6. The number of carbonyl (C=O) groups excluding carboxylic acids is 2. The average Bonchev–Trinajstić information content (AvgIpc) is 3.02. The van der Waals surface area contributed by atoms with E-state index >= 15 is 0 Å². The van der Waals surface area contributed by atoms with Gasteiger partial charge >= 0.3 is 0 Å². The van der Waals surface area contributed by atoms with Crippen molar-refractivity contribution in [2.45, 2.75) is 32.4 Å². The van der Waals surface area contributed by atoms with Crippen LogP contribution in [0.1, 0.15) is 44.7 Å². The first-order valence-electron chi connectivity index (χ1n) is 13.9. The molecule has 0 saturated heterocycles. The lowest BCUT2D eigenvalue weighted by molar-refractivity contribution is -0.384. The van der Waals surface area contributed by atoms with E-state index in [0.29, 0.717) is 23.6 Å². The Bertz CT molecular complexity index is 1640. The van der Waals surface area contributed by atoms with Gasteiger partial charge in [0, 0.05) is 23.9 Å². The zero-order chi connectivity index (χ0) is 31.6. The summed E-state index contributed by atoms with van der Waals surface area (Å²) < 4.78 is 16.4. The van der Waals surface area contributed by atoms with Gasteiger partial charge in [-0.25, -0.2) is 0 Å². The Morgan fingerprint density at radius 2 is 1.52 bits per heavy atom. The van der Waals surface area contributed by atoms with Gasteiger partial charge in [0.05, 0.1) is 36.0 Å². The molecule has 11 nitrogen and oxygen atoms in total. The molecule has 0 aliphatic heterocycles. The van der Waals surface area contributed by atoms with Crippen LogP contribution in [0.2, 0.25) is 0 Å². The van der Waals surface area contributed by atoms with Crippen LogP contribution in [0.25, 0.3) is 0 Å². The minimum absolute atomic E-state index is 0.0173. The van der Waals surface area contributed by atoms with Crippen LogP contribution in [-0.4, -0.2) is 37.2 Å². The second kappa shape index (κ2) is 14.7. The molecule has 4 aromatic carbocycles. The van der Waals surface area contributed by atoms with Gasteiger partial charge in [-0.3, -0.25) is 25.4 Å². The number of rotatable bonds is 13. The normalized spacial score (nSPS) is 11.3.